The molecule has 4 nitrogen and oxygen atoms in total. The van der Waals surface area contributed by atoms with Crippen molar-refractivity contribution in [1.82, 2.24) is 4.90 Å². The molecule has 1 N–H and O–H groups in total. The summed E-state index contributed by atoms with van der Waals surface area (Å²) in [5, 5.41) is 9.62. The molecule has 2 aromatic rings. The Morgan fingerprint density at radius 2 is 2.08 bits per heavy atom. The maximum absolute atomic E-state index is 11.7. The molecule has 3 rings (SSSR count). The van der Waals surface area contributed by atoms with Crippen molar-refractivity contribution in [3.63, 3.8) is 0 Å². The molecule has 0 radical (unpaired) electrons. The SMILES string of the molecule is COc1cccc(C(c2ccccc2Br)N2CCCC2C(=O)O)c1. The van der Waals surface area contributed by atoms with Crippen LogP contribution in [0, 0.1) is 0 Å². The topological polar surface area (TPSA) is 49.8 Å². The third kappa shape index (κ3) is 3.32. The minimum Gasteiger partial charge on any atom is -0.497 e. The van der Waals surface area contributed by atoms with Crippen LogP contribution in [-0.2, 0) is 4.79 Å². The van der Waals surface area contributed by atoms with Crippen LogP contribution in [0.1, 0.15) is 30.0 Å². The van der Waals surface area contributed by atoms with Crippen molar-refractivity contribution in [2.75, 3.05) is 13.7 Å². The van der Waals surface area contributed by atoms with Gasteiger partial charge in [-0.05, 0) is 42.2 Å². The Labute approximate surface area is 150 Å². The van der Waals surface area contributed by atoms with E-state index in [2.05, 4.69) is 20.8 Å². The summed E-state index contributed by atoms with van der Waals surface area (Å²) in [4.78, 5) is 13.8. The monoisotopic (exact) mass is 389 g/mol. The summed E-state index contributed by atoms with van der Waals surface area (Å²) < 4.78 is 6.34. The smallest absolute Gasteiger partial charge is 0.320 e. The fourth-order valence-electron chi connectivity index (χ4n) is 3.42. The Morgan fingerprint density at radius 3 is 2.79 bits per heavy atom. The van der Waals surface area contributed by atoms with Crippen molar-refractivity contribution in [3.8, 4) is 5.75 Å². The number of carbonyl (C=O) groups is 1. The van der Waals surface area contributed by atoms with Crippen molar-refractivity contribution < 1.29 is 14.6 Å². The van der Waals surface area contributed by atoms with Gasteiger partial charge in [-0.3, -0.25) is 9.69 Å². The summed E-state index contributed by atoms with van der Waals surface area (Å²) in [7, 11) is 1.64. The van der Waals surface area contributed by atoms with Crippen molar-refractivity contribution in [2.45, 2.75) is 24.9 Å². The zero-order valence-corrected chi connectivity index (χ0v) is 15.1. The van der Waals surface area contributed by atoms with Gasteiger partial charge in [-0.25, -0.2) is 0 Å². The highest BCUT2D eigenvalue weighted by atomic mass is 79.9. The Balaban J connectivity index is 2.10. The predicted molar refractivity (Wildman–Crippen MR) is 96.3 cm³/mol. The molecule has 1 heterocycles. The van der Waals surface area contributed by atoms with E-state index in [1.807, 2.05) is 48.5 Å². The van der Waals surface area contributed by atoms with E-state index < -0.39 is 12.0 Å². The van der Waals surface area contributed by atoms with Crippen LogP contribution in [0.2, 0.25) is 0 Å². The Hall–Kier alpha value is -1.85. The van der Waals surface area contributed by atoms with Gasteiger partial charge in [0.15, 0.2) is 0 Å². The summed E-state index contributed by atoms with van der Waals surface area (Å²) in [5.41, 5.74) is 2.10. The van der Waals surface area contributed by atoms with Crippen LogP contribution >= 0.6 is 15.9 Å². The minimum atomic E-state index is -0.757. The van der Waals surface area contributed by atoms with Crippen LogP contribution in [0.5, 0.6) is 5.75 Å². The normalized spacial score (nSPS) is 19.2. The Kier molecular flexibility index (Phi) is 5.21. The quantitative estimate of drug-likeness (QED) is 0.836. The lowest BCUT2D eigenvalue weighted by atomic mass is 9.96. The maximum Gasteiger partial charge on any atom is 0.320 e. The number of carboxylic acid groups (broad SMARTS) is 1. The zero-order chi connectivity index (χ0) is 17.1. The lowest BCUT2D eigenvalue weighted by molar-refractivity contribution is -0.142. The first-order chi connectivity index (χ1) is 11.6. The molecule has 5 heteroatoms. The first kappa shape index (κ1) is 17.0. The average molecular weight is 390 g/mol. The molecule has 1 saturated heterocycles. The molecule has 0 aliphatic carbocycles. The van der Waals surface area contributed by atoms with Gasteiger partial charge in [-0.15, -0.1) is 0 Å². The van der Waals surface area contributed by atoms with Crippen LogP contribution in [0.4, 0.5) is 0 Å². The van der Waals surface area contributed by atoms with E-state index in [1.54, 1.807) is 7.11 Å². The van der Waals surface area contributed by atoms with E-state index in [0.717, 1.165) is 34.3 Å². The Morgan fingerprint density at radius 1 is 1.29 bits per heavy atom. The van der Waals surface area contributed by atoms with Crippen LogP contribution in [0.25, 0.3) is 0 Å². The molecule has 2 aromatic carbocycles. The molecule has 126 valence electrons. The molecule has 24 heavy (non-hydrogen) atoms. The van der Waals surface area contributed by atoms with Gasteiger partial charge in [0.05, 0.1) is 13.2 Å². The average Bonchev–Trinajstić information content (AvgIpc) is 3.07. The second kappa shape index (κ2) is 7.36. The lowest BCUT2D eigenvalue weighted by Crippen LogP contribution is -2.39. The molecule has 1 aliphatic heterocycles. The number of hydrogen-bond acceptors (Lipinski definition) is 3. The third-order valence-corrected chi connectivity index (χ3v) is 5.24. The molecule has 2 atom stereocenters. The van der Waals surface area contributed by atoms with Gasteiger partial charge in [0.1, 0.15) is 11.8 Å². The van der Waals surface area contributed by atoms with Gasteiger partial charge in [-0.2, -0.15) is 0 Å². The largest absolute Gasteiger partial charge is 0.497 e. The maximum atomic E-state index is 11.7. The van der Waals surface area contributed by atoms with E-state index in [1.165, 1.54) is 0 Å². The highest BCUT2D eigenvalue weighted by Gasteiger charge is 2.37. The van der Waals surface area contributed by atoms with Gasteiger partial charge in [0.2, 0.25) is 0 Å². The number of nitrogens with zero attached hydrogens (tertiary/aromatic N) is 1. The summed E-state index contributed by atoms with van der Waals surface area (Å²) in [6.07, 6.45) is 1.57. The number of likely N-dealkylation sites (tertiary alicyclic amines) is 1. The van der Waals surface area contributed by atoms with E-state index in [4.69, 9.17) is 4.74 Å². The van der Waals surface area contributed by atoms with Crippen LogP contribution in [-0.4, -0.2) is 35.7 Å². The third-order valence-electron chi connectivity index (χ3n) is 4.52. The Bertz CT molecular complexity index is 734. The molecular formula is C19H20BrNO3. The van der Waals surface area contributed by atoms with E-state index >= 15 is 0 Å². The fourth-order valence-corrected chi connectivity index (χ4v) is 3.92. The van der Waals surface area contributed by atoms with Crippen LogP contribution in [0.15, 0.2) is 53.0 Å². The second-order valence-corrected chi connectivity index (χ2v) is 6.79. The van der Waals surface area contributed by atoms with Gasteiger partial charge in [-0.1, -0.05) is 46.3 Å². The van der Waals surface area contributed by atoms with Gasteiger partial charge in [0, 0.05) is 11.0 Å². The molecule has 0 saturated carbocycles. The number of benzene rings is 2. The van der Waals surface area contributed by atoms with Gasteiger partial charge < -0.3 is 9.84 Å². The molecule has 0 amide bonds. The summed E-state index contributed by atoms with van der Waals surface area (Å²) in [6, 6.07) is 15.3. The van der Waals surface area contributed by atoms with E-state index in [9.17, 15) is 9.90 Å². The van der Waals surface area contributed by atoms with E-state index in [-0.39, 0.29) is 6.04 Å². The highest BCUT2D eigenvalue weighted by molar-refractivity contribution is 9.10. The molecule has 2 unspecified atom stereocenters. The zero-order valence-electron chi connectivity index (χ0n) is 13.5. The van der Waals surface area contributed by atoms with Gasteiger partial charge >= 0.3 is 5.97 Å². The molecule has 0 bridgehead atoms. The van der Waals surface area contributed by atoms with Crippen molar-refractivity contribution >= 4 is 21.9 Å². The van der Waals surface area contributed by atoms with Crippen molar-refractivity contribution in [1.29, 1.82) is 0 Å². The second-order valence-electron chi connectivity index (χ2n) is 5.93. The number of carboxylic acids is 1. The first-order valence-corrected chi connectivity index (χ1v) is 8.78. The van der Waals surface area contributed by atoms with E-state index in [0.29, 0.717) is 6.42 Å². The standard InChI is InChI=1S/C19H20BrNO3/c1-24-14-7-4-6-13(12-14)18(15-8-2-3-9-16(15)20)21-11-5-10-17(21)19(22)23/h2-4,6-9,12,17-18H,5,10-11H2,1H3,(H,22,23). The van der Waals surface area contributed by atoms with Crippen LogP contribution < -0.4 is 4.74 Å². The number of ether oxygens (including phenoxy) is 1. The molecule has 0 spiro atoms. The molecule has 1 fully saturated rings. The summed E-state index contributed by atoms with van der Waals surface area (Å²) >= 11 is 3.63. The van der Waals surface area contributed by atoms with Crippen LogP contribution in [0.3, 0.4) is 0 Å². The molecule has 0 aromatic heterocycles. The predicted octanol–water partition coefficient (Wildman–Crippen LogP) is 4.10. The molecule has 1 aliphatic rings. The number of methoxy groups -OCH3 is 1. The first-order valence-electron chi connectivity index (χ1n) is 7.98. The number of aliphatic carboxylic acids is 1. The number of rotatable bonds is 5. The van der Waals surface area contributed by atoms with Gasteiger partial charge in [0.25, 0.3) is 0 Å². The number of hydrogen-bond donors (Lipinski definition) is 1. The summed E-state index contributed by atoms with van der Waals surface area (Å²) in [6.45, 7) is 0.764. The minimum absolute atomic E-state index is 0.126. The summed E-state index contributed by atoms with van der Waals surface area (Å²) in [5.74, 6) is 0.0167. The fraction of sp³-hybridized carbons (Fsp3) is 0.316. The highest BCUT2D eigenvalue weighted by Crippen LogP contribution is 2.38. The molecular weight excluding hydrogens is 370 g/mol. The van der Waals surface area contributed by atoms with Crippen molar-refractivity contribution in [3.05, 3.63) is 64.1 Å². The lowest BCUT2D eigenvalue weighted by Gasteiger charge is -2.32. The number of halogens is 1. The van der Waals surface area contributed by atoms with Crippen molar-refractivity contribution in [2.24, 2.45) is 0 Å².